The Morgan fingerprint density at radius 1 is 0.857 bits per heavy atom. The van der Waals surface area contributed by atoms with E-state index < -0.39 is 34.9 Å². The molecule has 5 rings (SSSR count). The number of nitro groups is 1. The molecular weight excluding hydrogens is 448 g/mol. The molecule has 0 aliphatic carbocycles. The monoisotopic (exact) mass is 470 g/mol. The number of carbonyl (C=O) groups is 2. The number of fused-ring (bicyclic) bond motifs is 1. The zero-order chi connectivity index (χ0) is 24.5. The number of benzene rings is 3. The van der Waals surface area contributed by atoms with E-state index in [9.17, 15) is 24.8 Å². The van der Waals surface area contributed by atoms with Crippen molar-refractivity contribution in [2.75, 3.05) is 10.3 Å². The molecule has 1 fully saturated rings. The summed E-state index contributed by atoms with van der Waals surface area (Å²) >= 11 is 0. The lowest BCUT2D eigenvalue weighted by Gasteiger charge is -2.40. The summed E-state index contributed by atoms with van der Waals surface area (Å²) in [7, 11) is 0. The lowest BCUT2D eigenvalue weighted by molar-refractivity contribution is -0.384. The van der Waals surface area contributed by atoms with E-state index in [1.807, 2.05) is 30.3 Å². The molecule has 4 atom stereocenters. The number of para-hydroxylation sites is 2. The fraction of sp³-hybridized carbons (Fsp3) is 0.154. The van der Waals surface area contributed by atoms with Gasteiger partial charge in [-0.05, 0) is 42.0 Å². The normalized spacial score (nSPS) is 22.7. The highest BCUT2D eigenvalue weighted by molar-refractivity contribution is 6.24. The molecule has 176 valence electrons. The van der Waals surface area contributed by atoms with E-state index in [1.54, 1.807) is 47.5 Å². The van der Waals surface area contributed by atoms with Crippen molar-refractivity contribution in [3.8, 4) is 0 Å². The Morgan fingerprint density at radius 2 is 1.49 bits per heavy atom. The van der Waals surface area contributed by atoms with Crippen molar-refractivity contribution in [2.45, 2.75) is 18.2 Å². The molecule has 2 aliphatic heterocycles. The maximum atomic E-state index is 13.6. The largest absolute Gasteiger partial charge is 0.386 e. The van der Waals surface area contributed by atoms with Crippen molar-refractivity contribution in [1.82, 2.24) is 5.01 Å². The standard InChI is InChI=1S/C26H22N4O5/c31-24(17-11-13-20(14-12-17)30(34)35)22-16-15-21-23(29(22)27-18-7-3-1-4-8-18)26(33)28(25(21)32)19-9-5-2-6-10-19/h1-16,21-24,27,31H. The van der Waals surface area contributed by atoms with Gasteiger partial charge in [-0.2, -0.15) is 0 Å². The van der Waals surface area contributed by atoms with Gasteiger partial charge >= 0.3 is 0 Å². The van der Waals surface area contributed by atoms with E-state index in [4.69, 9.17) is 0 Å². The van der Waals surface area contributed by atoms with Gasteiger partial charge in [0.15, 0.2) is 0 Å². The fourth-order valence-electron chi connectivity index (χ4n) is 4.56. The number of nitrogens with zero attached hydrogens (tertiary/aromatic N) is 3. The van der Waals surface area contributed by atoms with Crippen molar-refractivity contribution in [2.24, 2.45) is 5.92 Å². The third kappa shape index (κ3) is 4.07. The van der Waals surface area contributed by atoms with Gasteiger partial charge in [-0.1, -0.05) is 48.6 Å². The minimum absolute atomic E-state index is 0.0884. The SMILES string of the molecule is O=C1C2C=CC(C(O)c3ccc([N+](=O)[O-])cc3)N(Nc3ccccc3)C2C(=O)N1c1ccccc1. The van der Waals surface area contributed by atoms with Crippen molar-refractivity contribution in [1.29, 1.82) is 0 Å². The van der Waals surface area contributed by atoms with Crippen LogP contribution >= 0.6 is 0 Å². The number of hydrazine groups is 1. The van der Waals surface area contributed by atoms with Gasteiger partial charge in [0.1, 0.15) is 6.04 Å². The number of aliphatic hydroxyl groups is 1. The van der Waals surface area contributed by atoms with Crippen LogP contribution in [0.3, 0.4) is 0 Å². The Balaban J connectivity index is 1.52. The number of anilines is 2. The highest BCUT2D eigenvalue weighted by Gasteiger charge is 2.54. The Labute approximate surface area is 201 Å². The number of hydrogen-bond acceptors (Lipinski definition) is 7. The summed E-state index contributed by atoms with van der Waals surface area (Å²) in [5.74, 6) is -1.48. The molecule has 1 saturated heterocycles. The molecule has 2 N–H and O–H groups in total. The summed E-state index contributed by atoms with van der Waals surface area (Å²) in [6, 6.07) is 21.9. The van der Waals surface area contributed by atoms with Crippen LogP contribution in [-0.4, -0.2) is 38.9 Å². The van der Waals surface area contributed by atoms with E-state index in [0.29, 0.717) is 16.9 Å². The molecule has 0 radical (unpaired) electrons. The maximum absolute atomic E-state index is 13.6. The fourth-order valence-corrected chi connectivity index (χ4v) is 4.56. The third-order valence-electron chi connectivity index (χ3n) is 6.27. The Bertz CT molecular complexity index is 1280. The zero-order valence-electron chi connectivity index (χ0n) is 18.5. The van der Waals surface area contributed by atoms with Crippen molar-refractivity contribution in [3.63, 3.8) is 0 Å². The molecule has 2 amide bonds. The van der Waals surface area contributed by atoms with Crippen LogP contribution in [0, 0.1) is 16.0 Å². The number of amides is 2. The molecule has 0 bridgehead atoms. The first-order valence-electron chi connectivity index (χ1n) is 11.1. The molecule has 2 aliphatic rings. The average molecular weight is 470 g/mol. The summed E-state index contributed by atoms with van der Waals surface area (Å²) < 4.78 is 0. The van der Waals surface area contributed by atoms with Gasteiger partial charge in [0.25, 0.3) is 11.6 Å². The van der Waals surface area contributed by atoms with E-state index in [1.165, 1.54) is 29.2 Å². The molecule has 9 heteroatoms. The van der Waals surface area contributed by atoms with Crippen LogP contribution in [0.1, 0.15) is 11.7 Å². The second-order valence-electron chi connectivity index (χ2n) is 8.37. The molecule has 0 spiro atoms. The van der Waals surface area contributed by atoms with Gasteiger partial charge in [-0.3, -0.25) is 19.7 Å². The van der Waals surface area contributed by atoms with Crippen molar-refractivity contribution < 1.29 is 19.6 Å². The highest BCUT2D eigenvalue weighted by atomic mass is 16.6. The van der Waals surface area contributed by atoms with E-state index in [-0.39, 0.29) is 11.6 Å². The van der Waals surface area contributed by atoms with Gasteiger partial charge in [-0.25, -0.2) is 9.91 Å². The first kappa shape index (κ1) is 22.5. The Morgan fingerprint density at radius 3 is 2.11 bits per heavy atom. The Hall–Kier alpha value is -4.34. The molecule has 9 nitrogen and oxygen atoms in total. The van der Waals surface area contributed by atoms with Crippen LogP contribution in [0.25, 0.3) is 0 Å². The van der Waals surface area contributed by atoms with E-state index >= 15 is 0 Å². The van der Waals surface area contributed by atoms with Gasteiger partial charge < -0.3 is 10.5 Å². The molecule has 0 saturated carbocycles. The first-order valence-corrected chi connectivity index (χ1v) is 11.1. The summed E-state index contributed by atoms with van der Waals surface area (Å²) in [5, 5.41) is 23.9. The molecule has 4 unspecified atom stereocenters. The lowest BCUT2D eigenvalue weighted by atomic mass is 9.90. The molecule has 2 heterocycles. The molecule has 35 heavy (non-hydrogen) atoms. The Kier molecular flexibility index (Phi) is 5.86. The summed E-state index contributed by atoms with van der Waals surface area (Å²) in [6.07, 6.45) is 2.23. The summed E-state index contributed by atoms with van der Waals surface area (Å²) in [6.45, 7) is 0. The third-order valence-corrected chi connectivity index (χ3v) is 6.27. The number of aliphatic hydroxyl groups excluding tert-OH is 1. The second kappa shape index (κ2) is 9.13. The zero-order valence-corrected chi connectivity index (χ0v) is 18.5. The molecule has 0 aromatic heterocycles. The second-order valence-corrected chi connectivity index (χ2v) is 8.37. The number of non-ortho nitro benzene ring substituents is 1. The predicted octanol–water partition coefficient (Wildman–Crippen LogP) is 3.45. The van der Waals surface area contributed by atoms with Gasteiger partial charge in [0, 0.05) is 17.8 Å². The minimum atomic E-state index is -1.13. The van der Waals surface area contributed by atoms with Crippen molar-refractivity contribution in [3.05, 3.63) is 113 Å². The number of imide groups is 1. The van der Waals surface area contributed by atoms with Crippen LogP contribution in [0.15, 0.2) is 97.1 Å². The van der Waals surface area contributed by atoms with Crippen LogP contribution in [0.4, 0.5) is 17.1 Å². The lowest BCUT2D eigenvalue weighted by Crippen LogP contribution is -2.55. The number of carbonyl (C=O) groups excluding carboxylic acids is 2. The summed E-state index contributed by atoms with van der Waals surface area (Å²) in [4.78, 5) is 38.6. The van der Waals surface area contributed by atoms with Crippen LogP contribution in [-0.2, 0) is 9.59 Å². The molecule has 3 aromatic rings. The molecular formula is C26H22N4O5. The maximum Gasteiger partial charge on any atom is 0.269 e. The van der Waals surface area contributed by atoms with Crippen LogP contribution in [0.5, 0.6) is 0 Å². The molecule has 3 aromatic carbocycles. The number of hydrogen-bond donors (Lipinski definition) is 2. The topological polar surface area (TPSA) is 116 Å². The van der Waals surface area contributed by atoms with E-state index in [0.717, 1.165) is 0 Å². The van der Waals surface area contributed by atoms with Crippen molar-refractivity contribution >= 4 is 28.9 Å². The average Bonchev–Trinajstić information content (AvgIpc) is 3.15. The number of nitro benzene ring substituents is 1. The highest BCUT2D eigenvalue weighted by Crippen LogP contribution is 2.38. The van der Waals surface area contributed by atoms with E-state index in [2.05, 4.69) is 5.43 Å². The van der Waals surface area contributed by atoms with Gasteiger partial charge in [0.05, 0.1) is 28.7 Å². The summed E-state index contributed by atoms with van der Waals surface area (Å²) in [5.41, 5.74) is 4.74. The van der Waals surface area contributed by atoms with Crippen LogP contribution in [0.2, 0.25) is 0 Å². The van der Waals surface area contributed by atoms with Gasteiger partial charge in [0.2, 0.25) is 5.91 Å². The smallest absolute Gasteiger partial charge is 0.269 e. The number of rotatable bonds is 6. The predicted molar refractivity (Wildman–Crippen MR) is 129 cm³/mol. The number of nitrogens with one attached hydrogen (secondary N) is 1. The quantitative estimate of drug-likeness (QED) is 0.245. The minimum Gasteiger partial charge on any atom is -0.386 e. The van der Waals surface area contributed by atoms with Gasteiger partial charge in [-0.15, -0.1) is 0 Å². The first-order chi connectivity index (χ1) is 17.0. The van der Waals surface area contributed by atoms with Crippen LogP contribution < -0.4 is 10.3 Å².